The topological polar surface area (TPSA) is 43.6 Å². The molecule has 4 nitrogen and oxygen atoms in total. The van der Waals surface area contributed by atoms with Gasteiger partial charge in [0.2, 0.25) is 0 Å². The van der Waals surface area contributed by atoms with Crippen LogP contribution in [0.25, 0.3) is 0 Å². The van der Waals surface area contributed by atoms with Crippen LogP contribution in [0.3, 0.4) is 0 Å². The first-order valence-corrected chi connectivity index (χ1v) is 3.17. The maximum atomic E-state index is 7.68. The molecule has 0 aromatic carbocycles. The predicted molar refractivity (Wildman–Crippen MR) is 35.4 cm³/mol. The highest BCUT2D eigenvalue weighted by molar-refractivity contribution is 4.82. The molecule has 1 aliphatic heterocycles. The highest BCUT2D eigenvalue weighted by Crippen LogP contribution is 2.09. The molecule has 0 bridgehead atoms. The molecule has 54 valence electrons. The van der Waals surface area contributed by atoms with Crippen LogP contribution >= 0.6 is 0 Å². The van der Waals surface area contributed by atoms with E-state index in [0.717, 1.165) is 0 Å². The number of fused-ring (bicyclic) bond motifs is 1. The second-order valence-corrected chi connectivity index (χ2v) is 2.09. The summed E-state index contributed by atoms with van der Waals surface area (Å²) in [6.45, 7) is 0.0227. The maximum Gasteiger partial charge on any atom is 0.151 e. The average Bonchev–Trinajstić information content (AvgIpc) is 2.46. The quantitative estimate of drug-likeness (QED) is 0.526. The molecule has 0 unspecified atom stereocenters. The zero-order chi connectivity index (χ0) is 10.4. The molecule has 1 aromatic rings. The van der Waals surface area contributed by atoms with Gasteiger partial charge in [-0.15, -0.1) is 5.10 Å². The zero-order valence-electron chi connectivity index (χ0n) is 9.41. The standard InChI is InChI=1S/C6H10N4/c1-2-4-6-7-8-9-10(6)5-3-1/h1-5H2/i3D2,4D2. The Kier molecular flexibility index (Phi) is 0.705. The molecule has 4 heteroatoms. The summed E-state index contributed by atoms with van der Waals surface area (Å²) < 4.78 is 31.8. The Morgan fingerprint density at radius 2 is 2.50 bits per heavy atom. The first-order valence-electron chi connectivity index (χ1n) is 5.17. The van der Waals surface area contributed by atoms with Gasteiger partial charge in [0.05, 0.1) is 0 Å². The van der Waals surface area contributed by atoms with Crippen molar-refractivity contribution in [3.8, 4) is 0 Å². The normalized spacial score (nSPS) is 34.0. The summed E-state index contributed by atoms with van der Waals surface area (Å²) in [4.78, 5) is 0. The molecule has 1 aliphatic rings. The average molecular weight is 142 g/mol. The Labute approximate surface area is 64.9 Å². The fourth-order valence-electron chi connectivity index (χ4n) is 0.885. The van der Waals surface area contributed by atoms with E-state index in [-0.39, 0.29) is 25.2 Å². The highest BCUT2D eigenvalue weighted by Gasteiger charge is 2.08. The van der Waals surface area contributed by atoms with Crippen molar-refractivity contribution in [3.63, 3.8) is 0 Å². The van der Waals surface area contributed by atoms with Gasteiger partial charge in [0.15, 0.2) is 5.82 Å². The van der Waals surface area contributed by atoms with Gasteiger partial charge in [-0.05, 0) is 23.2 Å². The van der Waals surface area contributed by atoms with Gasteiger partial charge in [-0.1, -0.05) is 6.42 Å². The van der Waals surface area contributed by atoms with Crippen molar-refractivity contribution in [3.05, 3.63) is 5.82 Å². The minimum atomic E-state index is -1.63. The molecule has 1 aromatic heterocycles. The first-order chi connectivity index (χ1) is 6.41. The van der Waals surface area contributed by atoms with Gasteiger partial charge in [-0.2, -0.15) is 0 Å². The molecular weight excluding hydrogens is 128 g/mol. The van der Waals surface area contributed by atoms with Gasteiger partial charge >= 0.3 is 0 Å². The monoisotopic (exact) mass is 142 g/mol. The van der Waals surface area contributed by atoms with Crippen LogP contribution in [0, 0.1) is 0 Å². The molecule has 0 spiro atoms. The molecule has 2 heterocycles. The third-order valence-electron chi connectivity index (χ3n) is 1.38. The SMILES string of the molecule is [2H]C1([2H])CCC([2H])([2H])c2nnnn2C1. The van der Waals surface area contributed by atoms with Crippen molar-refractivity contribution in [2.75, 3.05) is 0 Å². The van der Waals surface area contributed by atoms with E-state index in [1.165, 1.54) is 4.68 Å². The third kappa shape index (κ3) is 0.894. The Hall–Kier alpha value is -0.930. The number of nitrogens with zero attached hydrogens (tertiary/aromatic N) is 4. The fourth-order valence-corrected chi connectivity index (χ4v) is 0.885. The second-order valence-electron chi connectivity index (χ2n) is 2.09. The molecule has 0 atom stereocenters. The zero-order valence-corrected chi connectivity index (χ0v) is 5.41. The van der Waals surface area contributed by atoms with E-state index in [9.17, 15) is 0 Å². The molecule has 10 heavy (non-hydrogen) atoms. The predicted octanol–water partition coefficient (Wildman–Crippen LogP) is 0.400. The smallest absolute Gasteiger partial charge is 0.151 e. The lowest BCUT2D eigenvalue weighted by Crippen LogP contribution is -2.02. The number of tetrazole rings is 1. The van der Waals surface area contributed by atoms with Crippen molar-refractivity contribution in [2.45, 2.75) is 32.1 Å². The van der Waals surface area contributed by atoms with Crippen LogP contribution in [-0.4, -0.2) is 20.2 Å². The molecule has 0 amide bonds. The van der Waals surface area contributed by atoms with Gasteiger partial charge in [0.1, 0.15) is 0 Å². The lowest BCUT2D eigenvalue weighted by atomic mass is 10.2. The van der Waals surface area contributed by atoms with Crippen LogP contribution in [0.4, 0.5) is 0 Å². The summed E-state index contributed by atoms with van der Waals surface area (Å²) in [5, 5.41) is 10.5. The molecule has 0 saturated heterocycles. The van der Waals surface area contributed by atoms with Gasteiger partial charge in [0, 0.05) is 18.4 Å². The van der Waals surface area contributed by atoms with Crippen molar-refractivity contribution < 1.29 is 5.48 Å². The minimum absolute atomic E-state index is 0.0227. The summed E-state index contributed by atoms with van der Waals surface area (Å²) in [6.07, 6.45) is -2.78. The van der Waals surface area contributed by atoms with E-state index in [2.05, 4.69) is 15.5 Å². The summed E-state index contributed by atoms with van der Waals surface area (Å²) in [5.74, 6) is 0.124. The lowest BCUT2D eigenvalue weighted by Gasteiger charge is -1.94. The Morgan fingerprint density at radius 3 is 3.50 bits per heavy atom. The van der Waals surface area contributed by atoms with E-state index in [4.69, 9.17) is 5.48 Å². The van der Waals surface area contributed by atoms with Crippen molar-refractivity contribution >= 4 is 0 Å². The Bertz CT molecular complexity index is 347. The van der Waals surface area contributed by atoms with E-state index in [0.29, 0.717) is 0 Å². The number of hydrogen-bond acceptors (Lipinski definition) is 3. The number of rotatable bonds is 0. The number of hydrogen-bond donors (Lipinski definition) is 0. The number of aromatic nitrogens is 4. The van der Waals surface area contributed by atoms with Crippen LogP contribution in [-0.2, 0) is 12.9 Å². The van der Waals surface area contributed by atoms with Crippen LogP contribution in [0.15, 0.2) is 0 Å². The van der Waals surface area contributed by atoms with Gasteiger partial charge in [-0.25, -0.2) is 4.68 Å². The summed E-state index contributed by atoms with van der Waals surface area (Å²) in [6, 6.07) is 0. The van der Waals surface area contributed by atoms with E-state index in [1.54, 1.807) is 0 Å². The maximum absolute atomic E-state index is 7.68. The molecule has 0 N–H and O–H groups in total. The highest BCUT2D eigenvalue weighted by atomic mass is 15.5. The summed E-state index contributed by atoms with van der Waals surface area (Å²) in [7, 11) is 0. The van der Waals surface area contributed by atoms with Gasteiger partial charge in [0.25, 0.3) is 0 Å². The minimum Gasteiger partial charge on any atom is -0.230 e. The van der Waals surface area contributed by atoms with Crippen molar-refractivity contribution in [2.24, 2.45) is 0 Å². The first kappa shape index (κ1) is 2.98. The molecule has 2 rings (SSSR count). The van der Waals surface area contributed by atoms with Gasteiger partial charge < -0.3 is 0 Å². The van der Waals surface area contributed by atoms with Crippen molar-refractivity contribution in [1.82, 2.24) is 20.2 Å². The fraction of sp³-hybridized carbons (Fsp3) is 0.833. The Morgan fingerprint density at radius 1 is 1.50 bits per heavy atom. The van der Waals surface area contributed by atoms with Crippen LogP contribution in [0.2, 0.25) is 0 Å². The number of aryl methyl sites for hydroxylation is 2. The molecule has 0 aliphatic carbocycles. The molecule has 0 saturated carbocycles. The largest absolute Gasteiger partial charge is 0.230 e. The van der Waals surface area contributed by atoms with Crippen LogP contribution in [0.1, 0.15) is 30.5 Å². The molecule has 0 radical (unpaired) electrons. The summed E-state index contributed by atoms with van der Waals surface area (Å²) in [5.41, 5.74) is 0. The van der Waals surface area contributed by atoms with E-state index < -0.39 is 12.7 Å². The van der Waals surface area contributed by atoms with E-state index in [1.807, 2.05) is 0 Å². The molecule has 0 fully saturated rings. The van der Waals surface area contributed by atoms with Crippen LogP contribution in [0.5, 0.6) is 0 Å². The van der Waals surface area contributed by atoms with Crippen molar-refractivity contribution in [1.29, 1.82) is 0 Å². The molecular formula is C6H10N4. The van der Waals surface area contributed by atoms with Gasteiger partial charge in [-0.3, -0.25) is 0 Å². The lowest BCUT2D eigenvalue weighted by molar-refractivity contribution is 0.556. The Balaban J connectivity index is 2.44. The third-order valence-corrected chi connectivity index (χ3v) is 1.38. The van der Waals surface area contributed by atoms with E-state index >= 15 is 0 Å². The summed E-state index contributed by atoms with van der Waals surface area (Å²) >= 11 is 0. The second kappa shape index (κ2) is 2.36. The van der Waals surface area contributed by atoms with Crippen LogP contribution < -0.4 is 0 Å².